The number of aromatic nitrogens is 1. The monoisotopic (exact) mass is 250 g/mol. The van der Waals surface area contributed by atoms with E-state index in [-0.39, 0.29) is 12.5 Å². The zero-order valence-electron chi connectivity index (χ0n) is 10.5. The summed E-state index contributed by atoms with van der Waals surface area (Å²) in [4.78, 5) is 24.2. The Balaban J connectivity index is 2.35. The maximum atomic E-state index is 11.4. The van der Waals surface area contributed by atoms with Crippen molar-refractivity contribution < 1.29 is 13.9 Å². The van der Waals surface area contributed by atoms with Gasteiger partial charge >= 0.3 is 11.7 Å². The molecular formula is C12H14N2O4. The third kappa shape index (κ3) is 2.09. The van der Waals surface area contributed by atoms with Crippen molar-refractivity contribution in [1.82, 2.24) is 4.57 Å². The summed E-state index contributed by atoms with van der Waals surface area (Å²) in [5.41, 5.74) is 1.99. The highest BCUT2D eigenvalue weighted by Crippen LogP contribution is 2.20. The molecule has 0 spiro atoms. The Kier molecular flexibility index (Phi) is 3.10. The molecule has 2 aromatic rings. The van der Waals surface area contributed by atoms with Crippen molar-refractivity contribution in [2.75, 3.05) is 25.6 Å². The molecule has 18 heavy (non-hydrogen) atoms. The summed E-state index contributed by atoms with van der Waals surface area (Å²) < 4.78 is 11.1. The fraction of sp³-hybridized carbons (Fsp3) is 0.333. The number of ether oxygens (including phenoxy) is 1. The second-order valence-corrected chi connectivity index (χ2v) is 4.01. The normalized spacial score (nSPS) is 10.6. The van der Waals surface area contributed by atoms with Crippen LogP contribution < -0.4 is 10.7 Å². The number of likely N-dealkylation sites (N-methyl/N-ethyl adjacent to an activating group) is 1. The number of carbonyl (C=O) groups excluding carboxylic acids is 1. The summed E-state index contributed by atoms with van der Waals surface area (Å²) in [5, 5.41) is 0. The maximum Gasteiger partial charge on any atom is 0.419 e. The van der Waals surface area contributed by atoms with Crippen molar-refractivity contribution in [3.8, 4) is 0 Å². The molecule has 0 radical (unpaired) electrons. The van der Waals surface area contributed by atoms with Gasteiger partial charge in [-0.2, -0.15) is 0 Å². The number of esters is 1. The average molecular weight is 250 g/mol. The van der Waals surface area contributed by atoms with Crippen LogP contribution in [0.5, 0.6) is 0 Å². The number of anilines is 1. The van der Waals surface area contributed by atoms with Crippen LogP contribution in [0.1, 0.15) is 0 Å². The van der Waals surface area contributed by atoms with E-state index in [1.807, 2.05) is 6.07 Å². The predicted octanol–water partition coefficient (Wildman–Crippen LogP) is 0.741. The minimum absolute atomic E-state index is 0.138. The molecule has 6 heteroatoms. The summed E-state index contributed by atoms with van der Waals surface area (Å²) >= 11 is 0. The van der Waals surface area contributed by atoms with Gasteiger partial charge in [0, 0.05) is 25.8 Å². The van der Waals surface area contributed by atoms with E-state index in [1.165, 1.54) is 11.7 Å². The first kappa shape index (κ1) is 12.2. The third-order valence-electron chi connectivity index (χ3n) is 2.81. The van der Waals surface area contributed by atoms with Gasteiger partial charge in [0.15, 0.2) is 5.58 Å². The fourth-order valence-electron chi connectivity index (χ4n) is 1.71. The highest BCUT2D eigenvalue weighted by atomic mass is 16.5. The molecule has 1 heterocycles. The van der Waals surface area contributed by atoms with Gasteiger partial charge < -0.3 is 14.1 Å². The molecule has 0 N–H and O–H groups in total. The van der Waals surface area contributed by atoms with Crippen molar-refractivity contribution in [3.63, 3.8) is 0 Å². The largest absolute Gasteiger partial charge is 0.468 e. The van der Waals surface area contributed by atoms with Crippen molar-refractivity contribution in [3.05, 3.63) is 28.7 Å². The van der Waals surface area contributed by atoms with E-state index >= 15 is 0 Å². The molecule has 1 aromatic heterocycles. The number of nitrogens with zero attached hydrogens (tertiary/aromatic N) is 2. The Morgan fingerprint density at radius 1 is 1.50 bits per heavy atom. The molecule has 0 aliphatic rings. The predicted molar refractivity (Wildman–Crippen MR) is 66.7 cm³/mol. The molecule has 0 saturated heterocycles. The molecule has 96 valence electrons. The van der Waals surface area contributed by atoms with Crippen LogP contribution in [0.15, 0.2) is 27.4 Å². The van der Waals surface area contributed by atoms with Crippen LogP contribution in [0.3, 0.4) is 0 Å². The number of benzene rings is 1. The average Bonchev–Trinajstić information content (AvgIpc) is 2.64. The minimum atomic E-state index is -0.405. The molecule has 0 aliphatic heterocycles. The van der Waals surface area contributed by atoms with E-state index in [2.05, 4.69) is 4.74 Å². The molecule has 0 bridgehead atoms. The van der Waals surface area contributed by atoms with Crippen LogP contribution in [0.2, 0.25) is 0 Å². The van der Waals surface area contributed by atoms with Gasteiger partial charge in [0.1, 0.15) is 6.54 Å². The van der Waals surface area contributed by atoms with Crippen LogP contribution in [0.25, 0.3) is 11.1 Å². The Bertz CT molecular complexity index is 641. The molecule has 0 atom stereocenters. The summed E-state index contributed by atoms with van der Waals surface area (Å²) in [6, 6.07) is 5.32. The van der Waals surface area contributed by atoms with E-state index in [9.17, 15) is 9.59 Å². The van der Waals surface area contributed by atoms with E-state index in [1.54, 1.807) is 31.1 Å². The first-order valence-electron chi connectivity index (χ1n) is 5.40. The highest BCUT2D eigenvalue weighted by Gasteiger charge is 2.11. The lowest BCUT2D eigenvalue weighted by Crippen LogP contribution is -2.26. The van der Waals surface area contributed by atoms with E-state index in [0.29, 0.717) is 5.58 Å². The number of methoxy groups -OCH3 is 1. The molecule has 0 amide bonds. The maximum absolute atomic E-state index is 11.4. The van der Waals surface area contributed by atoms with Crippen LogP contribution in [0.4, 0.5) is 5.69 Å². The Labute approximate surface area is 103 Å². The van der Waals surface area contributed by atoms with Crippen molar-refractivity contribution in [1.29, 1.82) is 0 Å². The van der Waals surface area contributed by atoms with Gasteiger partial charge in [-0.1, -0.05) is 0 Å². The molecular weight excluding hydrogens is 236 g/mol. The number of aryl methyl sites for hydroxylation is 1. The van der Waals surface area contributed by atoms with Crippen molar-refractivity contribution in [2.45, 2.75) is 0 Å². The van der Waals surface area contributed by atoms with E-state index in [0.717, 1.165) is 11.2 Å². The second-order valence-electron chi connectivity index (χ2n) is 4.01. The van der Waals surface area contributed by atoms with Gasteiger partial charge in [-0.05, 0) is 12.1 Å². The van der Waals surface area contributed by atoms with Gasteiger partial charge in [-0.15, -0.1) is 0 Å². The molecule has 6 nitrogen and oxygen atoms in total. The molecule has 2 rings (SSSR count). The second kappa shape index (κ2) is 4.56. The molecule has 0 fully saturated rings. The zero-order valence-corrected chi connectivity index (χ0v) is 10.5. The quantitative estimate of drug-likeness (QED) is 0.752. The number of oxazole rings is 1. The molecule has 0 aliphatic carbocycles. The molecule has 1 aromatic carbocycles. The summed E-state index contributed by atoms with van der Waals surface area (Å²) in [5.74, 6) is -0.732. The van der Waals surface area contributed by atoms with Gasteiger partial charge in [0.25, 0.3) is 0 Å². The first-order chi connectivity index (χ1) is 8.52. The van der Waals surface area contributed by atoms with Gasteiger partial charge in [0.2, 0.25) is 0 Å². The summed E-state index contributed by atoms with van der Waals surface area (Å²) in [7, 11) is 4.75. The lowest BCUT2D eigenvalue weighted by atomic mass is 10.2. The lowest BCUT2D eigenvalue weighted by molar-refractivity contribution is -0.138. The number of rotatable bonds is 3. The van der Waals surface area contributed by atoms with Crippen LogP contribution in [-0.4, -0.2) is 31.2 Å². The lowest BCUT2D eigenvalue weighted by Gasteiger charge is -2.17. The zero-order chi connectivity index (χ0) is 13.3. The molecule has 0 saturated carbocycles. The topological polar surface area (TPSA) is 64.7 Å². The van der Waals surface area contributed by atoms with Crippen LogP contribution in [0, 0.1) is 0 Å². The Morgan fingerprint density at radius 2 is 2.22 bits per heavy atom. The standard InChI is InChI=1S/C12H14N2O4/c1-13(7-11(15)17-3)8-4-5-9-10(6-8)18-12(16)14(9)2/h4-6H,7H2,1-3H3. The molecule has 0 unspecified atom stereocenters. The van der Waals surface area contributed by atoms with Crippen LogP contribution >= 0.6 is 0 Å². The summed E-state index contributed by atoms with van der Waals surface area (Å²) in [6.45, 7) is 0.138. The van der Waals surface area contributed by atoms with Gasteiger partial charge in [0.05, 0.1) is 12.6 Å². The number of fused-ring (bicyclic) bond motifs is 1. The third-order valence-corrected chi connectivity index (χ3v) is 2.81. The number of hydrogen-bond donors (Lipinski definition) is 0. The SMILES string of the molecule is COC(=O)CN(C)c1ccc2c(c1)oc(=O)n2C. The van der Waals surface area contributed by atoms with E-state index < -0.39 is 5.76 Å². The van der Waals surface area contributed by atoms with Gasteiger partial charge in [-0.3, -0.25) is 9.36 Å². The highest BCUT2D eigenvalue weighted by molar-refractivity contribution is 5.80. The first-order valence-corrected chi connectivity index (χ1v) is 5.40. The van der Waals surface area contributed by atoms with Crippen LogP contribution in [-0.2, 0) is 16.6 Å². The Hall–Kier alpha value is -2.24. The summed E-state index contributed by atoms with van der Waals surface area (Å²) in [6.07, 6.45) is 0. The number of hydrogen-bond acceptors (Lipinski definition) is 5. The van der Waals surface area contributed by atoms with Crippen molar-refractivity contribution in [2.24, 2.45) is 7.05 Å². The number of carbonyl (C=O) groups is 1. The van der Waals surface area contributed by atoms with E-state index in [4.69, 9.17) is 4.42 Å². The Morgan fingerprint density at radius 3 is 2.89 bits per heavy atom. The minimum Gasteiger partial charge on any atom is -0.468 e. The van der Waals surface area contributed by atoms with Crippen molar-refractivity contribution >= 4 is 22.8 Å². The smallest absolute Gasteiger partial charge is 0.419 e. The fourth-order valence-corrected chi connectivity index (χ4v) is 1.71. The van der Waals surface area contributed by atoms with Gasteiger partial charge in [-0.25, -0.2) is 4.79 Å².